The van der Waals surface area contributed by atoms with Crippen molar-refractivity contribution in [2.45, 2.75) is 45.7 Å². The number of aromatic nitrogens is 2. The van der Waals surface area contributed by atoms with Crippen molar-refractivity contribution in [1.82, 2.24) is 20.2 Å². The molecule has 1 aliphatic heterocycles. The number of nitrogens with one attached hydrogen (secondary N) is 3. The van der Waals surface area contributed by atoms with Crippen LogP contribution in [0.4, 0.5) is 10.1 Å². The maximum atomic E-state index is 14.5. The van der Waals surface area contributed by atoms with Crippen LogP contribution >= 0.6 is 11.6 Å². The van der Waals surface area contributed by atoms with E-state index in [-0.39, 0.29) is 40.7 Å². The fourth-order valence-electron chi connectivity index (χ4n) is 4.17. The lowest BCUT2D eigenvalue weighted by Crippen LogP contribution is -2.47. The molecule has 3 N–H and O–H groups in total. The molecule has 0 aliphatic carbocycles. The number of halogens is 2. The van der Waals surface area contributed by atoms with Crippen LogP contribution in [-0.4, -0.2) is 33.3 Å². The second-order valence-corrected chi connectivity index (χ2v) is 9.25. The van der Waals surface area contributed by atoms with E-state index < -0.39 is 17.8 Å². The molecule has 36 heavy (non-hydrogen) atoms. The van der Waals surface area contributed by atoms with Crippen LogP contribution in [0.1, 0.15) is 47.9 Å². The van der Waals surface area contributed by atoms with Crippen molar-refractivity contribution in [3.05, 3.63) is 76.6 Å². The Morgan fingerprint density at radius 3 is 2.72 bits per heavy atom. The molecule has 2 atom stereocenters. The largest absolute Gasteiger partial charge is 0.350 e. The van der Waals surface area contributed by atoms with Crippen LogP contribution < -0.4 is 16.0 Å². The molecule has 0 bridgehead atoms. The van der Waals surface area contributed by atoms with Gasteiger partial charge in [0.15, 0.2) is 5.82 Å². The number of hydrogen-bond acceptors (Lipinski definition) is 4. The molecule has 0 fully saturated rings. The summed E-state index contributed by atoms with van der Waals surface area (Å²) in [5.74, 6) is -1.86. The minimum Gasteiger partial charge on any atom is -0.350 e. The summed E-state index contributed by atoms with van der Waals surface area (Å²) >= 11 is 5.90. The summed E-state index contributed by atoms with van der Waals surface area (Å²) in [5.41, 5.74) is 2.05. The van der Waals surface area contributed by atoms with Crippen LogP contribution in [0.25, 0.3) is 5.69 Å². The smallest absolute Gasteiger partial charge is 0.272 e. The van der Waals surface area contributed by atoms with E-state index in [2.05, 4.69) is 20.9 Å². The van der Waals surface area contributed by atoms with E-state index in [1.807, 2.05) is 25.1 Å². The van der Waals surface area contributed by atoms with Gasteiger partial charge >= 0.3 is 0 Å². The van der Waals surface area contributed by atoms with Crippen LogP contribution in [-0.2, 0) is 16.1 Å². The number of carbonyl (C=O) groups is 3. The van der Waals surface area contributed by atoms with E-state index >= 15 is 0 Å². The summed E-state index contributed by atoms with van der Waals surface area (Å²) in [4.78, 5) is 42.9. The Bertz CT molecular complexity index is 1310. The Balaban J connectivity index is 1.54. The molecule has 1 aliphatic rings. The summed E-state index contributed by atoms with van der Waals surface area (Å²) in [7, 11) is 0. The van der Waals surface area contributed by atoms with Crippen molar-refractivity contribution < 1.29 is 18.8 Å². The number of para-hydroxylation sites is 1. The molecule has 4 rings (SSSR count). The van der Waals surface area contributed by atoms with Gasteiger partial charge in [0, 0.05) is 18.2 Å². The highest BCUT2D eigenvalue weighted by Gasteiger charge is 2.26. The third-order valence-electron chi connectivity index (χ3n) is 6.34. The lowest BCUT2D eigenvalue weighted by atomic mass is 9.99. The van der Waals surface area contributed by atoms with Crippen LogP contribution in [0.3, 0.4) is 0 Å². The highest BCUT2D eigenvalue weighted by atomic mass is 35.5. The first-order valence-corrected chi connectivity index (χ1v) is 12.1. The van der Waals surface area contributed by atoms with Crippen LogP contribution in [0, 0.1) is 18.7 Å². The summed E-state index contributed by atoms with van der Waals surface area (Å²) in [6.45, 7) is 3.67. The molecule has 0 unspecified atom stereocenters. The van der Waals surface area contributed by atoms with Gasteiger partial charge in [-0.1, -0.05) is 49.2 Å². The SMILES string of the molecule is Cc1c(C(=O)N[C@H]2CCC[C@@H](C)C(=O)Nc3ccccc3CNC2=O)ncn1-c1cccc(Cl)c1F. The van der Waals surface area contributed by atoms with Crippen molar-refractivity contribution in [2.75, 3.05) is 5.32 Å². The van der Waals surface area contributed by atoms with E-state index in [9.17, 15) is 18.8 Å². The van der Waals surface area contributed by atoms with Gasteiger partial charge in [0.05, 0.1) is 16.4 Å². The molecule has 10 heteroatoms. The maximum Gasteiger partial charge on any atom is 0.272 e. The number of rotatable bonds is 3. The molecule has 188 valence electrons. The number of hydrogen-bond donors (Lipinski definition) is 3. The van der Waals surface area contributed by atoms with E-state index in [1.54, 1.807) is 19.1 Å². The fourth-order valence-corrected chi connectivity index (χ4v) is 4.34. The summed E-state index contributed by atoms with van der Waals surface area (Å²) in [6, 6.07) is 11.0. The zero-order valence-electron chi connectivity index (χ0n) is 20.0. The average molecular weight is 512 g/mol. The predicted octanol–water partition coefficient (Wildman–Crippen LogP) is 4.15. The standard InChI is InChI=1S/C26H27ClFN5O3/c1-15-7-5-11-20(25(35)29-13-17-8-3-4-10-19(17)31-24(15)34)32-26(36)23-16(2)33(14-30-23)21-12-6-9-18(27)22(21)28/h3-4,6,8-10,12,14-15,20H,5,7,11,13H2,1-2H3,(H,29,35)(H,31,34)(H,32,36)/t15-,20+/m1/s1. The Labute approximate surface area is 213 Å². The zero-order chi connectivity index (χ0) is 25.8. The van der Waals surface area contributed by atoms with Crippen LogP contribution in [0.2, 0.25) is 5.02 Å². The van der Waals surface area contributed by atoms with Gasteiger partial charge in [-0.05, 0) is 43.5 Å². The van der Waals surface area contributed by atoms with Crippen molar-refractivity contribution in [2.24, 2.45) is 5.92 Å². The normalized spacial score (nSPS) is 18.8. The molecule has 0 saturated carbocycles. The lowest BCUT2D eigenvalue weighted by Gasteiger charge is -2.22. The van der Waals surface area contributed by atoms with Gasteiger partial charge in [-0.15, -0.1) is 0 Å². The molecule has 2 heterocycles. The summed E-state index contributed by atoms with van der Waals surface area (Å²) in [6.07, 6.45) is 2.79. The highest BCUT2D eigenvalue weighted by molar-refractivity contribution is 6.30. The van der Waals surface area contributed by atoms with E-state index in [0.29, 0.717) is 30.6 Å². The number of benzene rings is 2. The van der Waals surface area contributed by atoms with Gasteiger partial charge in [0.2, 0.25) is 11.8 Å². The van der Waals surface area contributed by atoms with Crippen molar-refractivity contribution in [3.63, 3.8) is 0 Å². The van der Waals surface area contributed by atoms with E-state index in [4.69, 9.17) is 11.6 Å². The van der Waals surface area contributed by atoms with E-state index in [0.717, 1.165) is 5.56 Å². The zero-order valence-corrected chi connectivity index (χ0v) is 20.7. The number of amides is 3. The van der Waals surface area contributed by atoms with Gasteiger partial charge in [-0.2, -0.15) is 0 Å². The first-order valence-electron chi connectivity index (χ1n) is 11.7. The van der Waals surface area contributed by atoms with Crippen LogP contribution in [0.5, 0.6) is 0 Å². The number of anilines is 1. The molecular weight excluding hydrogens is 485 g/mol. The van der Waals surface area contributed by atoms with Gasteiger partial charge in [-0.25, -0.2) is 9.37 Å². The van der Waals surface area contributed by atoms with Crippen molar-refractivity contribution >= 4 is 35.0 Å². The maximum absolute atomic E-state index is 14.5. The third-order valence-corrected chi connectivity index (χ3v) is 6.63. The van der Waals surface area contributed by atoms with Crippen LogP contribution in [0.15, 0.2) is 48.8 Å². The second kappa shape index (κ2) is 10.9. The average Bonchev–Trinajstić information content (AvgIpc) is 3.24. The first kappa shape index (κ1) is 25.4. The predicted molar refractivity (Wildman–Crippen MR) is 134 cm³/mol. The quantitative estimate of drug-likeness (QED) is 0.491. The minimum atomic E-state index is -0.827. The monoisotopic (exact) mass is 511 g/mol. The number of imidazole rings is 1. The second-order valence-electron chi connectivity index (χ2n) is 8.84. The van der Waals surface area contributed by atoms with Gasteiger partial charge in [0.1, 0.15) is 18.1 Å². The Morgan fingerprint density at radius 2 is 1.92 bits per heavy atom. The molecule has 8 nitrogen and oxygen atoms in total. The minimum absolute atomic E-state index is 0.0408. The molecule has 0 spiro atoms. The Morgan fingerprint density at radius 1 is 1.14 bits per heavy atom. The molecule has 1 aromatic heterocycles. The Hall–Kier alpha value is -3.72. The molecule has 2 aromatic carbocycles. The van der Waals surface area contributed by atoms with Gasteiger partial charge in [0.25, 0.3) is 5.91 Å². The molecule has 0 saturated heterocycles. The lowest BCUT2D eigenvalue weighted by molar-refractivity contribution is -0.123. The molecule has 3 amide bonds. The molecule has 0 radical (unpaired) electrons. The summed E-state index contributed by atoms with van der Waals surface area (Å²) < 4.78 is 16.0. The van der Waals surface area contributed by atoms with Gasteiger partial charge in [-0.3, -0.25) is 19.0 Å². The number of fused-ring (bicyclic) bond motifs is 1. The third kappa shape index (κ3) is 5.41. The highest BCUT2D eigenvalue weighted by Crippen LogP contribution is 2.24. The van der Waals surface area contributed by atoms with E-state index in [1.165, 1.54) is 23.0 Å². The summed E-state index contributed by atoms with van der Waals surface area (Å²) in [5, 5.41) is 8.52. The molecular formula is C26H27ClFN5O3. The fraction of sp³-hybridized carbons (Fsp3) is 0.308. The Kier molecular flexibility index (Phi) is 7.69. The molecule has 3 aromatic rings. The number of nitrogens with zero attached hydrogens (tertiary/aromatic N) is 2. The van der Waals surface area contributed by atoms with Crippen molar-refractivity contribution in [3.8, 4) is 5.69 Å². The van der Waals surface area contributed by atoms with Crippen molar-refractivity contribution in [1.29, 1.82) is 0 Å². The first-order chi connectivity index (χ1) is 17.3. The number of carbonyl (C=O) groups excluding carboxylic acids is 3. The van der Waals surface area contributed by atoms with Gasteiger partial charge < -0.3 is 16.0 Å². The topological polar surface area (TPSA) is 105 Å².